The van der Waals surface area contributed by atoms with Crippen LogP contribution in [0.2, 0.25) is 0 Å². The first kappa shape index (κ1) is 15.3. The molecule has 23 heavy (non-hydrogen) atoms. The molecule has 3 nitrogen and oxygen atoms in total. The molecule has 0 saturated heterocycles. The van der Waals surface area contributed by atoms with E-state index < -0.39 is 0 Å². The van der Waals surface area contributed by atoms with Crippen LogP contribution < -0.4 is 4.74 Å². The predicted octanol–water partition coefficient (Wildman–Crippen LogP) is 4.81. The van der Waals surface area contributed by atoms with E-state index in [9.17, 15) is 14.3 Å². The molecule has 0 amide bonds. The third kappa shape index (κ3) is 3.11. The van der Waals surface area contributed by atoms with E-state index in [4.69, 9.17) is 4.74 Å². The summed E-state index contributed by atoms with van der Waals surface area (Å²) in [4.78, 5) is 12.1. The first-order valence-corrected chi connectivity index (χ1v) is 7.60. The second-order valence-corrected chi connectivity index (χ2v) is 5.47. The van der Waals surface area contributed by atoms with Crippen LogP contribution in [0.25, 0.3) is 5.57 Å². The van der Waals surface area contributed by atoms with Crippen molar-refractivity contribution in [1.29, 1.82) is 0 Å². The number of hydrogen-bond acceptors (Lipinski definition) is 3. The van der Waals surface area contributed by atoms with Gasteiger partial charge in [0.2, 0.25) is 0 Å². The number of rotatable bonds is 4. The topological polar surface area (TPSA) is 46.5 Å². The van der Waals surface area contributed by atoms with Crippen molar-refractivity contribution in [3.8, 4) is 11.5 Å². The molecule has 0 atom stereocenters. The lowest BCUT2D eigenvalue weighted by atomic mass is 9.96. The molecule has 2 aromatic rings. The SMILES string of the molecule is CCc1ccc(Oc2ccc(F)cc2)cc1C1=C(O)CCC1=O. The van der Waals surface area contributed by atoms with Gasteiger partial charge in [0.25, 0.3) is 0 Å². The van der Waals surface area contributed by atoms with E-state index in [1.807, 2.05) is 19.1 Å². The van der Waals surface area contributed by atoms with Crippen LogP contribution >= 0.6 is 0 Å². The average molecular weight is 312 g/mol. The van der Waals surface area contributed by atoms with E-state index in [2.05, 4.69) is 0 Å². The van der Waals surface area contributed by atoms with Crippen LogP contribution in [0.1, 0.15) is 30.9 Å². The van der Waals surface area contributed by atoms with Crippen molar-refractivity contribution in [1.82, 2.24) is 0 Å². The molecule has 1 aliphatic rings. The maximum Gasteiger partial charge on any atom is 0.167 e. The summed E-state index contributed by atoms with van der Waals surface area (Å²) in [6, 6.07) is 11.2. The first-order valence-electron chi connectivity index (χ1n) is 7.60. The highest BCUT2D eigenvalue weighted by molar-refractivity contribution is 6.23. The van der Waals surface area contributed by atoms with Gasteiger partial charge in [-0.25, -0.2) is 4.39 Å². The maximum atomic E-state index is 13.0. The second-order valence-electron chi connectivity index (χ2n) is 5.47. The highest BCUT2D eigenvalue weighted by Gasteiger charge is 2.26. The van der Waals surface area contributed by atoms with Crippen molar-refractivity contribution in [3.63, 3.8) is 0 Å². The lowest BCUT2D eigenvalue weighted by Crippen LogP contribution is -2.01. The Morgan fingerprint density at radius 1 is 1.09 bits per heavy atom. The van der Waals surface area contributed by atoms with E-state index in [1.165, 1.54) is 12.1 Å². The van der Waals surface area contributed by atoms with Gasteiger partial charge in [-0.1, -0.05) is 13.0 Å². The Kier molecular flexibility index (Phi) is 4.15. The number of ether oxygens (including phenoxy) is 1. The van der Waals surface area contributed by atoms with E-state index in [-0.39, 0.29) is 17.4 Å². The van der Waals surface area contributed by atoms with Gasteiger partial charge in [0, 0.05) is 12.8 Å². The third-order valence-electron chi connectivity index (χ3n) is 3.94. The minimum Gasteiger partial charge on any atom is -0.512 e. The van der Waals surface area contributed by atoms with Gasteiger partial charge in [0.1, 0.15) is 23.1 Å². The van der Waals surface area contributed by atoms with Crippen LogP contribution in [0.3, 0.4) is 0 Å². The number of carbonyl (C=O) groups is 1. The summed E-state index contributed by atoms with van der Waals surface area (Å²) in [7, 11) is 0. The van der Waals surface area contributed by atoms with E-state index >= 15 is 0 Å². The Hall–Kier alpha value is -2.62. The fourth-order valence-corrected chi connectivity index (χ4v) is 2.75. The molecule has 0 aromatic heterocycles. The summed E-state index contributed by atoms with van der Waals surface area (Å²) in [6.07, 6.45) is 1.48. The second kappa shape index (κ2) is 6.24. The molecular weight excluding hydrogens is 295 g/mol. The molecule has 118 valence electrons. The summed E-state index contributed by atoms with van der Waals surface area (Å²) >= 11 is 0. The number of Topliss-reactive ketones (excluding diaryl/α,β-unsaturated/α-hetero) is 1. The van der Waals surface area contributed by atoms with Gasteiger partial charge in [-0.3, -0.25) is 4.79 Å². The maximum absolute atomic E-state index is 13.0. The number of ketones is 1. The standard InChI is InChI=1S/C19H17FO3/c1-2-12-3-6-15(23-14-7-4-13(20)5-8-14)11-16(12)19-17(21)9-10-18(19)22/h3-8,11,21H,2,9-10H2,1H3. The number of aryl methyl sites for hydroxylation is 1. The van der Waals surface area contributed by atoms with Gasteiger partial charge in [0.15, 0.2) is 5.78 Å². The van der Waals surface area contributed by atoms with Gasteiger partial charge in [0.05, 0.1) is 5.57 Å². The van der Waals surface area contributed by atoms with Gasteiger partial charge in [-0.2, -0.15) is 0 Å². The molecule has 0 heterocycles. The zero-order valence-corrected chi connectivity index (χ0v) is 12.8. The van der Waals surface area contributed by atoms with Crippen molar-refractivity contribution in [3.05, 3.63) is 65.2 Å². The molecule has 0 radical (unpaired) electrons. The molecule has 0 spiro atoms. The van der Waals surface area contributed by atoms with E-state index in [0.29, 0.717) is 35.5 Å². The predicted molar refractivity (Wildman–Crippen MR) is 86.1 cm³/mol. The van der Waals surface area contributed by atoms with Crippen LogP contribution in [0.4, 0.5) is 4.39 Å². The average Bonchev–Trinajstić information content (AvgIpc) is 2.88. The number of carbonyl (C=O) groups excluding carboxylic acids is 1. The number of hydrogen-bond donors (Lipinski definition) is 1. The Balaban J connectivity index is 1.98. The summed E-state index contributed by atoms with van der Waals surface area (Å²) < 4.78 is 18.7. The number of allylic oxidation sites excluding steroid dienone is 2. The summed E-state index contributed by atoms with van der Waals surface area (Å²) in [5, 5.41) is 10.0. The van der Waals surface area contributed by atoms with E-state index in [1.54, 1.807) is 18.2 Å². The highest BCUT2D eigenvalue weighted by atomic mass is 19.1. The lowest BCUT2D eigenvalue weighted by Gasteiger charge is -2.12. The number of aliphatic hydroxyl groups excluding tert-OH is 1. The van der Waals surface area contributed by atoms with E-state index in [0.717, 1.165) is 12.0 Å². The molecule has 1 aliphatic carbocycles. The summed E-state index contributed by atoms with van der Waals surface area (Å²) in [5.74, 6) is 0.826. The van der Waals surface area contributed by atoms with Crippen molar-refractivity contribution >= 4 is 11.4 Å². The summed E-state index contributed by atoms with van der Waals surface area (Å²) in [5.41, 5.74) is 2.09. The Labute approximate surface area is 134 Å². The van der Waals surface area contributed by atoms with Gasteiger partial charge in [-0.15, -0.1) is 0 Å². The molecule has 0 aliphatic heterocycles. The van der Waals surface area contributed by atoms with Crippen molar-refractivity contribution in [2.45, 2.75) is 26.2 Å². The zero-order chi connectivity index (χ0) is 16.4. The monoisotopic (exact) mass is 312 g/mol. The largest absolute Gasteiger partial charge is 0.512 e. The molecule has 0 fully saturated rings. The minimum atomic E-state index is -0.328. The molecule has 1 N–H and O–H groups in total. The van der Waals surface area contributed by atoms with Crippen LogP contribution in [0.15, 0.2) is 48.2 Å². The summed E-state index contributed by atoms with van der Waals surface area (Å²) in [6.45, 7) is 2.00. The molecule has 2 aromatic carbocycles. The molecule has 4 heteroatoms. The Morgan fingerprint density at radius 2 is 1.78 bits per heavy atom. The van der Waals surface area contributed by atoms with Crippen molar-refractivity contribution in [2.75, 3.05) is 0 Å². The smallest absolute Gasteiger partial charge is 0.167 e. The Morgan fingerprint density at radius 3 is 2.39 bits per heavy atom. The quantitative estimate of drug-likeness (QED) is 0.881. The number of aliphatic hydroxyl groups is 1. The van der Waals surface area contributed by atoms with Crippen LogP contribution in [-0.4, -0.2) is 10.9 Å². The highest BCUT2D eigenvalue weighted by Crippen LogP contribution is 2.34. The van der Waals surface area contributed by atoms with Crippen LogP contribution in [0.5, 0.6) is 11.5 Å². The zero-order valence-electron chi connectivity index (χ0n) is 12.8. The van der Waals surface area contributed by atoms with Gasteiger partial charge in [-0.05, 0) is 53.9 Å². The normalized spacial score (nSPS) is 14.4. The van der Waals surface area contributed by atoms with Crippen LogP contribution in [0, 0.1) is 5.82 Å². The lowest BCUT2D eigenvalue weighted by molar-refractivity contribution is -0.113. The number of halogens is 1. The fourth-order valence-electron chi connectivity index (χ4n) is 2.75. The fraction of sp³-hybridized carbons (Fsp3) is 0.211. The van der Waals surface area contributed by atoms with Gasteiger partial charge >= 0.3 is 0 Å². The molecular formula is C19H17FO3. The molecule has 0 bridgehead atoms. The van der Waals surface area contributed by atoms with Crippen LogP contribution in [-0.2, 0) is 11.2 Å². The number of benzene rings is 2. The van der Waals surface area contributed by atoms with Crippen molar-refractivity contribution < 1.29 is 19.0 Å². The third-order valence-corrected chi connectivity index (χ3v) is 3.94. The Bertz CT molecular complexity index is 776. The minimum absolute atomic E-state index is 0.0452. The van der Waals surface area contributed by atoms with Crippen molar-refractivity contribution in [2.24, 2.45) is 0 Å². The molecule has 3 rings (SSSR count). The molecule has 0 unspecified atom stereocenters. The molecule has 0 saturated carbocycles. The first-order chi connectivity index (χ1) is 11.1. The van der Waals surface area contributed by atoms with Gasteiger partial charge < -0.3 is 9.84 Å².